The van der Waals surface area contributed by atoms with E-state index in [1.807, 2.05) is 23.2 Å². The van der Waals surface area contributed by atoms with Crippen molar-refractivity contribution in [2.45, 2.75) is 30.5 Å². The maximum absolute atomic E-state index is 4.47. The van der Waals surface area contributed by atoms with E-state index in [2.05, 4.69) is 32.9 Å². The Labute approximate surface area is 111 Å². The highest BCUT2D eigenvalue weighted by Gasteiger charge is 2.12. The summed E-state index contributed by atoms with van der Waals surface area (Å²) in [7, 11) is 0. The number of aromatic nitrogens is 3. The monoisotopic (exact) mass is 317 g/mol. The van der Waals surface area contributed by atoms with Crippen molar-refractivity contribution < 1.29 is 0 Å². The second-order valence-electron chi connectivity index (χ2n) is 3.25. The Morgan fingerprint density at radius 1 is 1.56 bits per heavy atom. The molecule has 86 valence electrons. The SMILES string of the molecule is CCn1nc(C)c(Br)c1CSc1nccs1. The highest BCUT2D eigenvalue weighted by Crippen LogP contribution is 2.29. The zero-order valence-corrected chi connectivity index (χ0v) is 12.3. The molecule has 0 aliphatic carbocycles. The van der Waals surface area contributed by atoms with Gasteiger partial charge in [-0.1, -0.05) is 11.8 Å². The molecular weight excluding hydrogens is 306 g/mol. The summed E-state index contributed by atoms with van der Waals surface area (Å²) in [5.41, 5.74) is 2.29. The molecule has 0 spiro atoms. The van der Waals surface area contributed by atoms with Crippen LogP contribution in [0.2, 0.25) is 0 Å². The average Bonchev–Trinajstić information content (AvgIpc) is 2.87. The number of hydrogen-bond acceptors (Lipinski definition) is 4. The fourth-order valence-electron chi connectivity index (χ4n) is 1.42. The first-order valence-electron chi connectivity index (χ1n) is 4.96. The lowest BCUT2D eigenvalue weighted by Crippen LogP contribution is -2.01. The van der Waals surface area contributed by atoms with Crippen LogP contribution in [0.1, 0.15) is 18.3 Å². The van der Waals surface area contributed by atoms with Gasteiger partial charge in [0.05, 0.1) is 15.9 Å². The second kappa shape index (κ2) is 5.33. The Morgan fingerprint density at radius 3 is 3.00 bits per heavy atom. The van der Waals surface area contributed by atoms with Crippen molar-refractivity contribution in [3.8, 4) is 0 Å². The van der Waals surface area contributed by atoms with E-state index in [9.17, 15) is 0 Å². The molecule has 6 heteroatoms. The van der Waals surface area contributed by atoms with Gasteiger partial charge in [0.2, 0.25) is 0 Å². The lowest BCUT2D eigenvalue weighted by molar-refractivity contribution is 0.631. The van der Waals surface area contributed by atoms with Gasteiger partial charge in [-0.15, -0.1) is 11.3 Å². The van der Waals surface area contributed by atoms with Gasteiger partial charge < -0.3 is 0 Å². The molecule has 0 amide bonds. The van der Waals surface area contributed by atoms with Crippen molar-refractivity contribution in [1.29, 1.82) is 0 Å². The lowest BCUT2D eigenvalue weighted by Gasteiger charge is -2.03. The van der Waals surface area contributed by atoms with Crippen LogP contribution >= 0.6 is 39.0 Å². The fourth-order valence-corrected chi connectivity index (χ4v) is 3.69. The Hall–Kier alpha value is -0.330. The maximum Gasteiger partial charge on any atom is 0.150 e. The minimum Gasteiger partial charge on any atom is -0.268 e. The number of rotatable bonds is 4. The van der Waals surface area contributed by atoms with Crippen LogP contribution in [0.15, 0.2) is 20.4 Å². The zero-order chi connectivity index (χ0) is 11.5. The van der Waals surface area contributed by atoms with Crippen LogP contribution in [-0.2, 0) is 12.3 Å². The van der Waals surface area contributed by atoms with E-state index in [1.165, 1.54) is 5.69 Å². The molecule has 2 rings (SSSR count). The third-order valence-corrected chi connectivity index (χ3v) is 5.20. The molecule has 0 saturated heterocycles. The lowest BCUT2D eigenvalue weighted by atomic mass is 10.4. The van der Waals surface area contributed by atoms with E-state index < -0.39 is 0 Å². The van der Waals surface area contributed by atoms with E-state index in [0.29, 0.717) is 0 Å². The van der Waals surface area contributed by atoms with Crippen LogP contribution in [0, 0.1) is 6.92 Å². The zero-order valence-electron chi connectivity index (χ0n) is 9.11. The molecule has 0 aliphatic heterocycles. The Bertz CT molecular complexity index is 465. The number of thioether (sulfide) groups is 1. The molecule has 0 saturated carbocycles. The van der Waals surface area contributed by atoms with Crippen LogP contribution < -0.4 is 0 Å². The summed E-state index contributed by atoms with van der Waals surface area (Å²) in [5.74, 6) is 0.906. The molecule has 0 aromatic carbocycles. The molecule has 3 nitrogen and oxygen atoms in total. The van der Waals surface area contributed by atoms with E-state index in [1.54, 1.807) is 23.1 Å². The highest BCUT2D eigenvalue weighted by molar-refractivity contribution is 9.10. The summed E-state index contributed by atoms with van der Waals surface area (Å²) >= 11 is 7.02. The summed E-state index contributed by atoms with van der Waals surface area (Å²) < 4.78 is 4.27. The molecule has 16 heavy (non-hydrogen) atoms. The Kier molecular flexibility index (Phi) is 4.05. The standard InChI is InChI=1S/C10H12BrN3S2/c1-3-14-8(9(11)7(2)13-14)6-16-10-12-4-5-15-10/h4-5H,3,6H2,1-2H3. The van der Waals surface area contributed by atoms with Crippen LogP contribution in [-0.4, -0.2) is 14.8 Å². The topological polar surface area (TPSA) is 30.7 Å². The van der Waals surface area contributed by atoms with Gasteiger partial charge in [0.25, 0.3) is 0 Å². The second-order valence-corrected chi connectivity index (χ2v) is 6.16. The molecule has 0 N–H and O–H groups in total. The highest BCUT2D eigenvalue weighted by atomic mass is 79.9. The van der Waals surface area contributed by atoms with Crippen LogP contribution in [0.25, 0.3) is 0 Å². The molecule has 0 bridgehead atoms. The summed E-state index contributed by atoms with van der Waals surface area (Å²) in [4.78, 5) is 4.26. The first-order chi connectivity index (χ1) is 7.72. The summed E-state index contributed by atoms with van der Waals surface area (Å²) in [6.45, 7) is 5.03. The first-order valence-corrected chi connectivity index (χ1v) is 7.62. The molecule has 0 aliphatic rings. The molecule has 0 unspecified atom stereocenters. The van der Waals surface area contributed by atoms with E-state index in [0.717, 1.165) is 26.8 Å². The smallest absolute Gasteiger partial charge is 0.150 e. The van der Waals surface area contributed by atoms with Gasteiger partial charge in [-0.05, 0) is 29.8 Å². The molecule has 0 radical (unpaired) electrons. The van der Waals surface area contributed by atoms with Gasteiger partial charge in [-0.3, -0.25) is 4.68 Å². The molecule has 0 fully saturated rings. The predicted molar refractivity (Wildman–Crippen MR) is 72.0 cm³/mol. The normalized spacial score (nSPS) is 10.9. The third-order valence-electron chi connectivity index (χ3n) is 2.19. The Morgan fingerprint density at radius 2 is 2.38 bits per heavy atom. The van der Waals surface area contributed by atoms with Crippen LogP contribution in [0.5, 0.6) is 0 Å². The van der Waals surface area contributed by atoms with Crippen molar-refractivity contribution in [3.63, 3.8) is 0 Å². The minimum atomic E-state index is 0.903. The summed E-state index contributed by atoms with van der Waals surface area (Å²) in [6.07, 6.45) is 1.84. The molecule has 2 heterocycles. The number of hydrogen-bond donors (Lipinski definition) is 0. The summed E-state index contributed by atoms with van der Waals surface area (Å²) in [6, 6.07) is 0. The van der Waals surface area contributed by atoms with Crippen molar-refractivity contribution in [3.05, 3.63) is 27.4 Å². The quantitative estimate of drug-likeness (QED) is 0.805. The third kappa shape index (κ3) is 2.49. The van der Waals surface area contributed by atoms with Crippen molar-refractivity contribution in [1.82, 2.24) is 14.8 Å². The molecule has 2 aromatic rings. The van der Waals surface area contributed by atoms with Crippen LogP contribution in [0.4, 0.5) is 0 Å². The van der Waals surface area contributed by atoms with Gasteiger partial charge in [-0.2, -0.15) is 5.10 Å². The van der Waals surface area contributed by atoms with Gasteiger partial charge in [0, 0.05) is 23.9 Å². The number of halogens is 1. The number of thiazole rings is 1. The predicted octanol–water partition coefficient (Wildman–Crippen LogP) is 3.72. The van der Waals surface area contributed by atoms with E-state index in [4.69, 9.17) is 0 Å². The van der Waals surface area contributed by atoms with Crippen molar-refractivity contribution in [2.75, 3.05) is 0 Å². The van der Waals surface area contributed by atoms with Crippen LogP contribution in [0.3, 0.4) is 0 Å². The number of nitrogens with zero attached hydrogens (tertiary/aromatic N) is 3. The van der Waals surface area contributed by atoms with E-state index in [-0.39, 0.29) is 0 Å². The Balaban J connectivity index is 2.14. The molecular formula is C10H12BrN3S2. The van der Waals surface area contributed by atoms with Crippen molar-refractivity contribution in [2.24, 2.45) is 0 Å². The summed E-state index contributed by atoms with van der Waals surface area (Å²) in [5, 5.41) is 6.47. The van der Waals surface area contributed by atoms with Gasteiger partial charge in [-0.25, -0.2) is 4.98 Å². The average molecular weight is 318 g/mol. The van der Waals surface area contributed by atoms with E-state index >= 15 is 0 Å². The van der Waals surface area contributed by atoms with Gasteiger partial charge in [0.15, 0.2) is 0 Å². The van der Waals surface area contributed by atoms with Gasteiger partial charge >= 0.3 is 0 Å². The molecule has 2 aromatic heterocycles. The maximum atomic E-state index is 4.47. The first kappa shape index (κ1) is 12.1. The molecule has 0 atom stereocenters. The number of aryl methyl sites for hydroxylation is 2. The largest absolute Gasteiger partial charge is 0.268 e. The van der Waals surface area contributed by atoms with Crippen molar-refractivity contribution >= 4 is 39.0 Å². The minimum absolute atomic E-state index is 0.903. The van der Waals surface area contributed by atoms with Gasteiger partial charge in [0.1, 0.15) is 4.34 Å². The fraction of sp³-hybridized carbons (Fsp3) is 0.400.